The molecule has 1 aromatic rings. The summed E-state index contributed by atoms with van der Waals surface area (Å²) in [5, 5.41) is 0. The summed E-state index contributed by atoms with van der Waals surface area (Å²) in [5.74, 6) is 0. The molecular weight excluding hydrogens is 508 g/mol. The maximum absolute atomic E-state index is 3.75. The lowest BCUT2D eigenvalue weighted by Gasteiger charge is -2.10. The molecule has 1 aliphatic rings. The predicted molar refractivity (Wildman–Crippen MR) is 78.2 cm³/mol. The van der Waals surface area contributed by atoms with Crippen LogP contribution in [0.1, 0.15) is 5.56 Å². The Labute approximate surface area is 125 Å². The van der Waals surface area contributed by atoms with Crippen LogP contribution in [0.3, 0.4) is 0 Å². The molecule has 0 N–H and O–H groups in total. The van der Waals surface area contributed by atoms with Gasteiger partial charge in [0.05, 0.1) is 0 Å². The molecule has 0 nitrogen and oxygen atoms in total. The summed E-state index contributed by atoms with van der Waals surface area (Å²) < 4.78 is -0.628. The normalized spacial score (nSPS) is 25.8. The fraction of sp³-hybridized carbons (Fsp3) is 0.333. The van der Waals surface area contributed by atoms with Crippen molar-refractivity contribution < 1.29 is 0 Å². The lowest BCUT2D eigenvalue weighted by molar-refractivity contribution is 1.05. The van der Waals surface area contributed by atoms with Gasteiger partial charge in [0.15, 0.2) is 0 Å². The summed E-state index contributed by atoms with van der Waals surface area (Å²) in [4.78, 5) is 0. The van der Waals surface area contributed by atoms with Gasteiger partial charge in [0.1, 0.15) is 10.8 Å². The molecular formula is C9H5Br5. The van der Waals surface area contributed by atoms with Crippen LogP contribution >= 0.6 is 79.6 Å². The molecule has 1 fully saturated rings. The number of alkyl halides is 5. The van der Waals surface area contributed by atoms with Crippen LogP contribution in [0.15, 0.2) is 30.3 Å². The van der Waals surface area contributed by atoms with Crippen LogP contribution in [0.2, 0.25) is 0 Å². The minimum atomic E-state index is -0.221. The van der Waals surface area contributed by atoms with Crippen molar-refractivity contribution in [1.82, 2.24) is 0 Å². The first-order valence-corrected chi connectivity index (χ1v) is 7.82. The van der Waals surface area contributed by atoms with Crippen LogP contribution in [0.5, 0.6) is 0 Å². The third-order valence-electron chi connectivity index (χ3n) is 2.37. The number of hydrogen-bond acceptors (Lipinski definition) is 0. The van der Waals surface area contributed by atoms with Gasteiger partial charge in [-0.1, -0.05) is 110 Å². The molecule has 0 bridgehead atoms. The van der Waals surface area contributed by atoms with E-state index in [9.17, 15) is 0 Å². The zero-order valence-electron chi connectivity index (χ0n) is 6.78. The molecule has 0 radical (unpaired) electrons. The molecule has 1 aromatic carbocycles. The maximum atomic E-state index is 3.75. The maximum Gasteiger partial charge on any atom is 0.129 e. The topological polar surface area (TPSA) is 0 Å². The van der Waals surface area contributed by atoms with Crippen LogP contribution in [0, 0.1) is 0 Å². The highest BCUT2D eigenvalue weighted by Crippen LogP contribution is 2.83. The van der Waals surface area contributed by atoms with Gasteiger partial charge in [-0.3, -0.25) is 0 Å². The lowest BCUT2D eigenvalue weighted by atomic mass is 10.1. The van der Waals surface area contributed by atoms with E-state index >= 15 is 0 Å². The van der Waals surface area contributed by atoms with E-state index in [0.717, 1.165) is 0 Å². The van der Waals surface area contributed by atoms with Crippen LogP contribution < -0.4 is 0 Å². The van der Waals surface area contributed by atoms with Crippen LogP contribution in [0.25, 0.3) is 0 Å². The van der Waals surface area contributed by atoms with Gasteiger partial charge in [-0.2, -0.15) is 0 Å². The second-order valence-corrected chi connectivity index (χ2v) is 11.2. The fourth-order valence-corrected chi connectivity index (χ4v) is 7.20. The third kappa shape index (κ3) is 1.31. The average Bonchev–Trinajstić information content (AvgIpc) is 2.47. The molecule has 0 atom stereocenters. The van der Waals surface area contributed by atoms with Crippen molar-refractivity contribution in [2.45, 2.75) is 10.8 Å². The summed E-state index contributed by atoms with van der Waals surface area (Å²) >= 11 is 18.3. The summed E-state index contributed by atoms with van der Waals surface area (Å²) in [6, 6.07) is 10.3. The van der Waals surface area contributed by atoms with E-state index < -0.39 is 0 Å². The molecule has 1 saturated carbocycles. The highest BCUT2D eigenvalue weighted by atomic mass is 79.9. The predicted octanol–water partition coefficient (Wildman–Crippen LogP) is 5.26. The number of benzene rings is 1. The minimum absolute atomic E-state index is 0.186. The highest BCUT2D eigenvalue weighted by molar-refractivity contribution is 9.32. The van der Waals surface area contributed by atoms with Gasteiger partial charge >= 0.3 is 0 Å². The Kier molecular flexibility index (Phi) is 3.07. The Morgan fingerprint density at radius 1 is 0.714 bits per heavy atom. The fourth-order valence-electron chi connectivity index (χ4n) is 1.42. The van der Waals surface area contributed by atoms with Crippen molar-refractivity contribution >= 4 is 79.6 Å². The monoisotopic (exact) mass is 508 g/mol. The minimum Gasteiger partial charge on any atom is -0.0749 e. The van der Waals surface area contributed by atoms with Crippen LogP contribution in [-0.2, 0) is 4.32 Å². The molecule has 76 valence electrons. The van der Waals surface area contributed by atoms with Crippen molar-refractivity contribution in [2.24, 2.45) is 0 Å². The zero-order valence-corrected chi connectivity index (χ0v) is 14.7. The van der Waals surface area contributed by atoms with E-state index in [1.54, 1.807) is 0 Å². The Bertz CT molecular complexity index is 343. The number of halogens is 5. The molecule has 0 spiro atoms. The standard InChI is InChI=1S/C9H5Br5/c10-7(6-4-2-1-3-5-6)8(11,12)9(7,13)14/h1-5H. The van der Waals surface area contributed by atoms with E-state index in [4.69, 9.17) is 0 Å². The molecule has 14 heavy (non-hydrogen) atoms. The highest BCUT2D eigenvalue weighted by Gasteiger charge is 2.84. The second kappa shape index (κ2) is 3.56. The third-order valence-corrected chi connectivity index (χ3v) is 13.0. The molecule has 0 unspecified atom stereocenters. The van der Waals surface area contributed by atoms with Gasteiger partial charge in [-0.05, 0) is 5.56 Å². The summed E-state index contributed by atoms with van der Waals surface area (Å²) in [7, 11) is 0. The Morgan fingerprint density at radius 2 is 1.14 bits per heavy atom. The zero-order chi connectivity index (χ0) is 10.6. The summed E-state index contributed by atoms with van der Waals surface area (Å²) in [5.41, 5.74) is 1.21. The molecule has 0 heterocycles. The van der Waals surface area contributed by atoms with E-state index in [1.807, 2.05) is 18.2 Å². The van der Waals surface area contributed by atoms with E-state index in [-0.39, 0.29) is 10.8 Å². The van der Waals surface area contributed by atoms with Crippen molar-refractivity contribution in [3.63, 3.8) is 0 Å². The van der Waals surface area contributed by atoms with Crippen molar-refractivity contribution in [3.8, 4) is 0 Å². The van der Waals surface area contributed by atoms with Gasteiger partial charge in [0.25, 0.3) is 0 Å². The molecule has 0 aromatic heterocycles. The first-order valence-electron chi connectivity index (χ1n) is 3.86. The molecule has 5 heteroatoms. The van der Waals surface area contributed by atoms with E-state index in [2.05, 4.69) is 91.8 Å². The van der Waals surface area contributed by atoms with Gasteiger partial charge in [-0.15, -0.1) is 0 Å². The van der Waals surface area contributed by atoms with Gasteiger partial charge in [0.2, 0.25) is 0 Å². The van der Waals surface area contributed by atoms with Crippen LogP contribution in [0.4, 0.5) is 0 Å². The largest absolute Gasteiger partial charge is 0.129 e. The van der Waals surface area contributed by atoms with E-state index in [0.29, 0.717) is 0 Å². The van der Waals surface area contributed by atoms with Crippen molar-refractivity contribution in [3.05, 3.63) is 35.9 Å². The molecule has 0 aliphatic heterocycles. The lowest BCUT2D eigenvalue weighted by Crippen LogP contribution is -2.05. The number of rotatable bonds is 1. The number of hydrogen-bond donors (Lipinski definition) is 0. The molecule has 0 amide bonds. The first-order chi connectivity index (χ1) is 6.36. The average molecular weight is 513 g/mol. The summed E-state index contributed by atoms with van der Waals surface area (Å²) in [6.07, 6.45) is 0. The molecule has 2 rings (SSSR count). The SMILES string of the molecule is BrC1(Br)C(Br)(Br)C1(Br)c1ccccc1. The van der Waals surface area contributed by atoms with Crippen LogP contribution in [-0.4, -0.2) is 6.47 Å². The Morgan fingerprint density at radius 3 is 1.50 bits per heavy atom. The second-order valence-electron chi connectivity index (χ2n) is 3.17. The molecule has 0 saturated heterocycles. The first kappa shape index (κ1) is 12.1. The molecule has 1 aliphatic carbocycles. The van der Waals surface area contributed by atoms with Crippen molar-refractivity contribution in [1.29, 1.82) is 0 Å². The van der Waals surface area contributed by atoms with E-state index in [1.165, 1.54) is 5.56 Å². The van der Waals surface area contributed by atoms with Gasteiger partial charge < -0.3 is 0 Å². The van der Waals surface area contributed by atoms with Crippen molar-refractivity contribution in [2.75, 3.05) is 0 Å². The Hall–Kier alpha value is 1.62. The smallest absolute Gasteiger partial charge is 0.0749 e. The van der Waals surface area contributed by atoms with Gasteiger partial charge in [-0.25, -0.2) is 0 Å². The quantitative estimate of drug-likeness (QED) is 0.450. The Balaban J connectivity index is 2.48. The summed E-state index contributed by atoms with van der Waals surface area (Å²) in [6.45, 7) is 0. The van der Waals surface area contributed by atoms with Gasteiger partial charge in [0, 0.05) is 0 Å².